The molecule has 0 fully saturated rings. The zero-order valence-electron chi connectivity index (χ0n) is 12.3. The first-order chi connectivity index (χ1) is 11.5. The van der Waals surface area contributed by atoms with E-state index in [1.165, 1.54) is 23.5 Å². The summed E-state index contributed by atoms with van der Waals surface area (Å²) in [6.07, 6.45) is 1.18. The molecule has 3 rings (SSSR count). The summed E-state index contributed by atoms with van der Waals surface area (Å²) in [7, 11) is 0. The van der Waals surface area contributed by atoms with Crippen LogP contribution in [0.5, 0.6) is 0 Å². The van der Waals surface area contributed by atoms with Crippen molar-refractivity contribution in [2.75, 3.05) is 17.6 Å². The number of thioether (sulfide) groups is 2. The van der Waals surface area contributed by atoms with Crippen molar-refractivity contribution in [1.29, 1.82) is 0 Å². The third-order valence-corrected chi connectivity index (χ3v) is 5.93. The largest absolute Gasteiger partial charge is 0.325 e. The highest BCUT2D eigenvalue weighted by Gasteiger charge is 2.27. The van der Waals surface area contributed by atoms with Crippen LogP contribution < -0.4 is 5.32 Å². The van der Waals surface area contributed by atoms with Gasteiger partial charge in [0.2, 0.25) is 11.8 Å². The normalized spacial score (nSPS) is 17.1. The van der Waals surface area contributed by atoms with E-state index in [9.17, 15) is 9.59 Å². The maximum atomic E-state index is 12.0. The van der Waals surface area contributed by atoms with Crippen molar-refractivity contribution >= 4 is 73.8 Å². The summed E-state index contributed by atoms with van der Waals surface area (Å²) in [6.45, 7) is 0.664. The van der Waals surface area contributed by atoms with Crippen molar-refractivity contribution in [2.45, 2.75) is 12.8 Å². The van der Waals surface area contributed by atoms with Crippen molar-refractivity contribution in [3.63, 3.8) is 0 Å². The molecule has 0 saturated heterocycles. The Bertz CT molecular complexity index is 754. The molecular formula is C14H12Cl2N4O2S2. The minimum atomic E-state index is -0.179. The van der Waals surface area contributed by atoms with Crippen LogP contribution in [0.2, 0.25) is 10.0 Å². The monoisotopic (exact) mass is 402 g/mol. The van der Waals surface area contributed by atoms with Crippen molar-refractivity contribution in [3.8, 4) is 0 Å². The lowest BCUT2D eigenvalue weighted by atomic mass is 10.3. The number of nitrogens with one attached hydrogen (secondary N) is 1. The second-order valence-corrected chi connectivity index (χ2v) is 7.94. The Morgan fingerprint density at radius 1 is 1.38 bits per heavy atom. The molecule has 0 radical (unpaired) electrons. The number of hydrazone groups is 1. The highest BCUT2D eigenvalue weighted by molar-refractivity contribution is 8.45. The summed E-state index contributed by atoms with van der Waals surface area (Å²) in [5.41, 5.74) is 0.583. The number of hydrogen-bond donors (Lipinski definition) is 1. The number of halogens is 2. The molecule has 2 aliphatic heterocycles. The fraction of sp³-hybridized carbons (Fsp3) is 0.286. The van der Waals surface area contributed by atoms with E-state index < -0.39 is 0 Å². The van der Waals surface area contributed by atoms with Gasteiger partial charge in [-0.05, 0) is 36.4 Å². The van der Waals surface area contributed by atoms with E-state index in [1.807, 2.05) is 0 Å². The van der Waals surface area contributed by atoms with Gasteiger partial charge in [0.05, 0.1) is 15.8 Å². The lowest BCUT2D eigenvalue weighted by Crippen LogP contribution is -2.18. The van der Waals surface area contributed by atoms with E-state index in [-0.39, 0.29) is 17.6 Å². The quantitative estimate of drug-likeness (QED) is 0.834. The summed E-state index contributed by atoms with van der Waals surface area (Å²) in [6, 6.07) is 4.90. The molecule has 0 atom stereocenters. The molecule has 1 aromatic carbocycles. The van der Waals surface area contributed by atoms with Crippen LogP contribution >= 0.6 is 46.7 Å². The number of fused-ring (bicyclic) bond motifs is 1. The molecule has 0 spiro atoms. The molecule has 1 aromatic rings. The van der Waals surface area contributed by atoms with E-state index in [1.54, 1.807) is 23.2 Å². The molecular weight excluding hydrogens is 391 g/mol. The van der Waals surface area contributed by atoms with Crippen molar-refractivity contribution in [3.05, 3.63) is 28.2 Å². The predicted octanol–water partition coefficient (Wildman–Crippen LogP) is 3.66. The second kappa shape index (κ2) is 7.77. The fourth-order valence-electron chi connectivity index (χ4n) is 2.02. The number of carbonyl (C=O) groups is 2. The Balaban J connectivity index is 1.53. The molecule has 0 aromatic heterocycles. The number of rotatable bonds is 3. The molecule has 0 saturated carbocycles. The fourth-order valence-corrected chi connectivity index (χ4v) is 4.12. The van der Waals surface area contributed by atoms with Gasteiger partial charge >= 0.3 is 0 Å². The van der Waals surface area contributed by atoms with Crippen LogP contribution in [0.4, 0.5) is 5.69 Å². The van der Waals surface area contributed by atoms with Crippen molar-refractivity contribution in [1.82, 2.24) is 5.01 Å². The van der Waals surface area contributed by atoms with Gasteiger partial charge in [-0.15, -0.1) is 0 Å². The first-order valence-electron chi connectivity index (χ1n) is 7.04. The Kier molecular flexibility index (Phi) is 5.70. The minimum absolute atomic E-state index is 0.126. The van der Waals surface area contributed by atoms with Gasteiger partial charge in [0, 0.05) is 18.7 Å². The number of anilines is 1. The van der Waals surface area contributed by atoms with Crippen molar-refractivity contribution in [2.24, 2.45) is 10.1 Å². The zero-order chi connectivity index (χ0) is 17.1. The maximum absolute atomic E-state index is 12.0. The molecule has 10 heteroatoms. The SMILES string of the molecule is O=C1CCCN2N=C(SCC(=O)Nc3ccc(Cl)c(Cl)c3)SC2=N1. The van der Waals surface area contributed by atoms with Gasteiger partial charge in [-0.3, -0.25) is 9.59 Å². The molecule has 1 N–H and O–H groups in total. The van der Waals surface area contributed by atoms with Crippen LogP contribution in [0.15, 0.2) is 28.3 Å². The van der Waals surface area contributed by atoms with E-state index in [0.29, 0.717) is 38.2 Å². The molecule has 24 heavy (non-hydrogen) atoms. The first kappa shape index (κ1) is 17.6. The van der Waals surface area contributed by atoms with Crippen LogP contribution in [0.3, 0.4) is 0 Å². The summed E-state index contributed by atoms with van der Waals surface area (Å²) in [5, 5.41) is 10.3. The zero-order valence-corrected chi connectivity index (χ0v) is 15.4. The summed E-state index contributed by atoms with van der Waals surface area (Å²) < 4.78 is 0.702. The van der Waals surface area contributed by atoms with Gasteiger partial charge in [-0.25, -0.2) is 5.01 Å². The number of nitrogens with zero attached hydrogens (tertiary/aromatic N) is 3. The molecule has 126 valence electrons. The lowest BCUT2D eigenvalue weighted by Gasteiger charge is -2.08. The molecule has 2 amide bonds. The Labute approximate surface area is 157 Å². The molecule has 0 unspecified atom stereocenters. The summed E-state index contributed by atoms with van der Waals surface area (Å²) in [5.74, 6) is -0.109. The van der Waals surface area contributed by atoms with E-state index in [2.05, 4.69) is 15.4 Å². The molecule has 6 nitrogen and oxygen atoms in total. The summed E-state index contributed by atoms with van der Waals surface area (Å²) in [4.78, 5) is 27.5. The minimum Gasteiger partial charge on any atom is -0.325 e. The van der Waals surface area contributed by atoms with Gasteiger partial charge in [-0.1, -0.05) is 35.0 Å². The smallest absolute Gasteiger partial charge is 0.248 e. The van der Waals surface area contributed by atoms with E-state index in [4.69, 9.17) is 23.2 Å². The Hall–Kier alpha value is -1.22. The maximum Gasteiger partial charge on any atom is 0.248 e. The van der Waals surface area contributed by atoms with Crippen LogP contribution in [0.25, 0.3) is 0 Å². The van der Waals surface area contributed by atoms with Gasteiger partial charge in [0.15, 0.2) is 9.54 Å². The number of amides is 2. The Morgan fingerprint density at radius 2 is 2.21 bits per heavy atom. The van der Waals surface area contributed by atoms with Gasteiger partial charge < -0.3 is 5.32 Å². The van der Waals surface area contributed by atoms with Crippen LogP contribution in [0.1, 0.15) is 12.8 Å². The highest BCUT2D eigenvalue weighted by atomic mass is 35.5. The third kappa shape index (κ3) is 4.44. The first-order valence-corrected chi connectivity index (χ1v) is 9.60. The average Bonchev–Trinajstić information content (AvgIpc) is 2.82. The van der Waals surface area contributed by atoms with E-state index in [0.717, 1.165) is 6.42 Å². The number of aliphatic imine (C=N–C) groups is 1. The molecule has 0 aliphatic carbocycles. The van der Waals surface area contributed by atoms with Crippen LogP contribution in [0, 0.1) is 0 Å². The Morgan fingerprint density at radius 3 is 3.00 bits per heavy atom. The number of amidine groups is 1. The third-order valence-electron chi connectivity index (χ3n) is 3.11. The molecule has 2 heterocycles. The number of benzene rings is 1. The lowest BCUT2D eigenvalue weighted by molar-refractivity contribution is -0.117. The standard InChI is InChI=1S/C14H12Cl2N4O2S2/c15-9-4-3-8(6-10(9)16)17-12(22)7-23-14-19-20-5-1-2-11(21)18-13(20)24-14/h3-4,6H,1-2,5,7H2,(H,17,22). The van der Waals surface area contributed by atoms with Gasteiger partial charge in [-0.2, -0.15) is 10.1 Å². The van der Waals surface area contributed by atoms with Crippen molar-refractivity contribution < 1.29 is 9.59 Å². The van der Waals surface area contributed by atoms with Gasteiger partial charge in [0.1, 0.15) is 0 Å². The highest BCUT2D eigenvalue weighted by Crippen LogP contribution is 2.30. The van der Waals surface area contributed by atoms with E-state index >= 15 is 0 Å². The topological polar surface area (TPSA) is 74.1 Å². The second-order valence-electron chi connectivity index (χ2n) is 4.95. The number of hydrogen-bond acceptors (Lipinski definition) is 6. The molecule has 0 bridgehead atoms. The summed E-state index contributed by atoms with van der Waals surface area (Å²) >= 11 is 14.4. The average molecular weight is 403 g/mol. The predicted molar refractivity (Wildman–Crippen MR) is 101 cm³/mol. The number of carbonyl (C=O) groups excluding carboxylic acids is 2. The van der Waals surface area contributed by atoms with Crippen LogP contribution in [-0.4, -0.2) is 38.7 Å². The molecule has 2 aliphatic rings. The van der Waals surface area contributed by atoms with Gasteiger partial charge in [0.25, 0.3) is 0 Å². The van der Waals surface area contributed by atoms with Crippen LogP contribution in [-0.2, 0) is 9.59 Å².